The molecule has 0 saturated carbocycles. The van der Waals surface area contributed by atoms with Gasteiger partial charge in [-0.1, -0.05) is 0 Å². The van der Waals surface area contributed by atoms with Crippen molar-refractivity contribution in [2.75, 3.05) is 19.6 Å². The van der Waals surface area contributed by atoms with Gasteiger partial charge in [-0.25, -0.2) is 4.98 Å². The van der Waals surface area contributed by atoms with Crippen molar-refractivity contribution in [3.63, 3.8) is 0 Å². The number of fused-ring (bicyclic) bond motifs is 1. The van der Waals surface area contributed by atoms with Gasteiger partial charge in [0.05, 0.1) is 15.7 Å². The van der Waals surface area contributed by atoms with E-state index in [0.717, 1.165) is 35.4 Å². The highest BCUT2D eigenvalue weighted by Crippen LogP contribution is 2.20. The molecule has 1 aliphatic heterocycles. The maximum atomic E-state index is 12.4. The Labute approximate surface area is 110 Å². The van der Waals surface area contributed by atoms with Crippen LogP contribution in [0.5, 0.6) is 0 Å². The summed E-state index contributed by atoms with van der Waals surface area (Å²) in [5, 5.41) is 3.34. The Bertz CT molecular complexity index is 580. The van der Waals surface area contributed by atoms with E-state index >= 15 is 0 Å². The summed E-state index contributed by atoms with van der Waals surface area (Å²) in [6, 6.07) is 6.11. The van der Waals surface area contributed by atoms with Gasteiger partial charge >= 0.3 is 0 Å². The molecule has 3 rings (SSSR count). The molecular formula is C13H15N3OS. The second-order valence-electron chi connectivity index (χ2n) is 4.64. The Kier molecular flexibility index (Phi) is 3.01. The van der Waals surface area contributed by atoms with Gasteiger partial charge in [-0.2, -0.15) is 0 Å². The zero-order chi connectivity index (χ0) is 12.5. The largest absolute Gasteiger partial charge is 0.336 e. The van der Waals surface area contributed by atoms with Crippen LogP contribution in [-0.4, -0.2) is 41.5 Å². The molecule has 1 aliphatic rings. The second-order valence-corrected chi connectivity index (χ2v) is 5.53. The van der Waals surface area contributed by atoms with Crippen LogP contribution in [0, 0.1) is 0 Å². The summed E-state index contributed by atoms with van der Waals surface area (Å²) in [6.07, 6.45) is 0. The zero-order valence-electron chi connectivity index (χ0n) is 10.2. The molecule has 0 aliphatic carbocycles. The number of nitrogens with zero attached hydrogens (tertiary/aromatic N) is 2. The molecule has 94 valence electrons. The maximum Gasteiger partial charge on any atom is 0.254 e. The lowest BCUT2D eigenvalue weighted by molar-refractivity contribution is 0.0709. The summed E-state index contributed by atoms with van der Waals surface area (Å²) >= 11 is 1.57. The number of hydrogen-bond donors (Lipinski definition) is 1. The van der Waals surface area contributed by atoms with E-state index in [1.807, 2.05) is 28.6 Å². The van der Waals surface area contributed by atoms with Crippen LogP contribution in [0.3, 0.4) is 0 Å². The first-order valence-electron chi connectivity index (χ1n) is 6.10. The molecule has 1 fully saturated rings. The van der Waals surface area contributed by atoms with Crippen molar-refractivity contribution in [1.82, 2.24) is 15.2 Å². The Hall–Kier alpha value is -1.46. The molecule has 1 N–H and O–H groups in total. The minimum atomic E-state index is 0.124. The van der Waals surface area contributed by atoms with Crippen molar-refractivity contribution in [3.05, 3.63) is 29.3 Å². The molecule has 1 aromatic heterocycles. The molecule has 2 heterocycles. The lowest BCUT2D eigenvalue weighted by Crippen LogP contribution is -2.51. The van der Waals surface area contributed by atoms with Crippen LogP contribution in [-0.2, 0) is 0 Å². The standard InChI is InChI=1S/C13H15N3OS/c1-9-7-16(5-4-14-9)13(17)10-2-3-11-12(6-10)18-8-15-11/h2-3,6,8-9,14H,4-5,7H2,1H3/t9-/m0/s1. The van der Waals surface area contributed by atoms with Gasteiger partial charge in [-0.3, -0.25) is 4.79 Å². The van der Waals surface area contributed by atoms with Crippen LogP contribution >= 0.6 is 11.3 Å². The van der Waals surface area contributed by atoms with Crippen LogP contribution < -0.4 is 5.32 Å². The number of thiazole rings is 1. The molecule has 4 nitrogen and oxygen atoms in total. The van der Waals surface area contributed by atoms with Gasteiger partial charge in [0.1, 0.15) is 0 Å². The highest BCUT2D eigenvalue weighted by molar-refractivity contribution is 7.16. The number of amides is 1. The third-order valence-corrected chi connectivity index (χ3v) is 4.03. The number of benzene rings is 1. The average Bonchev–Trinajstić information content (AvgIpc) is 2.85. The first-order chi connectivity index (χ1) is 8.74. The number of hydrogen-bond acceptors (Lipinski definition) is 4. The first kappa shape index (κ1) is 11.6. The first-order valence-corrected chi connectivity index (χ1v) is 6.98. The summed E-state index contributed by atoms with van der Waals surface area (Å²) < 4.78 is 1.07. The summed E-state index contributed by atoms with van der Waals surface area (Å²) in [5.74, 6) is 0.124. The molecule has 2 aromatic rings. The Morgan fingerprint density at radius 2 is 2.44 bits per heavy atom. The molecule has 1 aromatic carbocycles. The van der Waals surface area contributed by atoms with E-state index in [1.165, 1.54) is 0 Å². The second kappa shape index (κ2) is 4.66. The fraction of sp³-hybridized carbons (Fsp3) is 0.385. The van der Waals surface area contributed by atoms with Crippen LogP contribution in [0.1, 0.15) is 17.3 Å². The number of nitrogens with one attached hydrogen (secondary N) is 1. The molecule has 1 amide bonds. The Morgan fingerprint density at radius 1 is 1.56 bits per heavy atom. The van der Waals surface area contributed by atoms with E-state index in [-0.39, 0.29) is 5.91 Å². The van der Waals surface area contributed by atoms with Gasteiger partial charge in [-0.05, 0) is 25.1 Å². The predicted octanol–water partition coefficient (Wildman–Crippen LogP) is 1.73. The Morgan fingerprint density at radius 3 is 3.28 bits per heavy atom. The van der Waals surface area contributed by atoms with Crippen molar-refractivity contribution >= 4 is 27.5 Å². The van der Waals surface area contributed by atoms with E-state index in [9.17, 15) is 4.79 Å². The summed E-state index contributed by atoms with van der Waals surface area (Å²) in [5.41, 5.74) is 3.54. The van der Waals surface area contributed by atoms with Crippen LogP contribution in [0.2, 0.25) is 0 Å². The number of carbonyl (C=O) groups is 1. The van der Waals surface area contributed by atoms with Crippen molar-refractivity contribution in [3.8, 4) is 0 Å². The summed E-state index contributed by atoms with van der Waals surface area (Å²) in [4.78, 5) is 18.5. The molecule has 0 unspecified atom stereocenters. The number of carbonyl (C=O) groups excluding carboxylic acids is 1. The molecule has 5 heteroatoms. The molecule has 0 bridgehead atoms. The van der Waals surface area contributed by atoms with E-state index in [4.69, 9.17) is 0 Å². The molecule has 0 radical (unpaired) electrons. The van der Waals surface area contributed by atoms with Crippen molar-refractivity contribution in [2.45, 2.75) is 13.0 Å². The van der Waals surface area contributed by atoms with Gasteiger partial charge < -0.3 is 10.2 Å². The molecule has 18 heavy (non-hydrogen) atoms. The summed E-state index contributed by atoms with van der Waals surface area (Å²) in [6.45, 7) is 4.53. The Balaban J connectivity index is 1.86. The van der Waals surface area contributed by atoms with Gasteiger partial charge in [0.15, 0.2) is 0 Å². The number of rotatable bonds is 1. The van der Waals surface area contributed by atoms with Gasteiger partial charge in [0.25, 0.3) is 5.91 Å². The van der Waals surface area contributed by atoms with Crippen molar-refractivity contribution < 1.29 is 4.79 Å². The third kappa shape index (κ3) is 2.11. The van der Waals surface area contributed by atoms with Crippen molar-refractivity contribution in [1.29, 1.82) is 0 Å². The highest BCUT2D eigenvalue weighted by atomic mass is 32.1. The van der Waals surface area contributed by atoms with E-state index in [1.54, 1.807) is 11.3 Å². The van der Waals surface area contributed by atoms with Crippen LogP contribution in [0.15, 0.2) is 23.7 Å². The monoisotopic (exact) mass is 261 g/mol. The fourth-order valence-corrected chi connectivity index (χ4v) is 3.00. The maximum absolute atomic E-state index is 12.4. The lowest BCUT2D eigenvalue weighted by atomic mass is 10.1. The van der Waals surface area contributed by atoms with E-state index in [2.05, 4.69) is 17.2 Å². The normalized spacial score (nSPS) is 20.3. The molecule has 1 atom stereocenters. The minimum absolute atomic E-state index is 0.124. The van der Waals surface area contributed by atoms with Crippen LogP contribution in [0.25, 0.3) is 10.2 Å². The lowest BCUT2D eigenvalue weighted by Gasteiger charge is -2.31. The topological polar surface area (TPSA) is 45.2 Å². The quantitative estimate of drug-likeness (QED) is 0.850. The number of piperazine rings is 1. The molecular weight excluding hydrogens is 246 g/mol. The molecule has 0 spiro atoms. The highest BCUT2D eigenvalue weighted by Gasteiger charge is 2.21. The average molecular weight is 261 g/mol. The van der Waals surface area contributed by atoms with E-state index in [0.29, 0.717) is 6.04 Å². The van der Waals surface area contributed by atoms with Crippen molar-refractivity contribution in [2.24, 2.45) is 0 Å². The van der Waals surface area contributed by atoms with E-state index < -0.39 is 0 Å². The fourth-order valence-electron chi connectivity index (χ4n) is 2.29. The number of aromatic nitrogens is 1. The van der Waals surface area contributed by atoms with Gasteiger partial charge in [-0.15, -0.1) is 11.3 Å². The predicted molar refractivity (Wildman–Crippen MR) is 73.0 cm³/mol. The van der Waals surface area contributed by atoms with Crippen LogP contribution in [0.4, 0.5) is 0 Å². The smallest absolute Gasteiger partial charge is 0.254 e. The molecule has 1 saturated heterocycles. The summed E-state index contributed by atoms with van der Waals surface area (Å²) in [7, 11) is 0. The SMILES string of the molecule is C[C@H]1CN(C(=O)c2ccc3ncsc3c2)CCN1. The zero-order valence-corrected chi connectivity index (χ0v) is 11.0. The van der Waals surface area contributed by atoms with Gasteiger partial charge in [0.2, 0.25) is 0 Å². The van der Waals surface area contributed by atoms with Gasteiger partial charge in [0, 0.05) is 31.2 Å². The minimum Gasteiger partial charge on any atom is -0.336 e. The third-order valence-electron chi connectivity index (χ3n) is 3.23.